The number of ether oxygens (including phenoxy) is 1. The van der Waals surface area contributed by atoms with E-state index >= 15 is 0 Å². The van der Waals surface area contributed by atoms with Gasteiger partial charge in [-0.2, -0.15) is 0 Å². The monoisotopic (exact) mass is 272 g/mol. The molecule has 0 aliphatic carbocycles. The molecule has 0 bridgehead atoms. The van der Waals surface area contributed by atoms with Crippen molar-refractivity contribution in [1.29, 1.82) is 0 Å². The van der Waals surface area contributed by atoms with Gasteiger partial charge < -0.3 is 15.8 Å². The number of nitrogens with two attached hydrogens (primary N) is 1. The highest BCUT2D eigenvalue weighted by Gasteiger charge is 2.17. The molecule has 1 rings (SSSR count). The highest BCUT2D eigenvalue weighted by molar-refractivity contribution is 5.85. The first-order valence-electron chi connectivity index (χ1n) is 5.88. The quantitative estimate of drug-likeness (QED) is 0.828. The standard InChI is InChI=1S/C13H20N2O2.ClH/c1-3-12(13(16)15-8-7-14)17-11-6-4-5-10(2)9-11;/h4-6,9,12H,3,7-8,14H2,1-2H3,(H,15,16);1H. The summed E-state index contributed by atoms with van der Waals surface area (Å²) in [7, 11) is 0. The van der Waals surface area contributed by atoms with Gasteiger partial charge in [0.2, 0.25) is 0 Å². The summed E-state index contributed by atoms with van der Waals surface area (Å²) in [5, 5.41) is 2.73. The van der Waals surface area contributed by atoms with Crippen LogP contribution in [0.5, 0.6) is 5.75 Å². The summed E-state index contributed by atoms with van der Waals surface area (Å²) in [6, 6.07) is 7.67. The van der Waals surface area contributed by atoms with E-state index in [-0.39, 0.29) is 18.3 Å². The normalized spacial score (nSPS) is 11.3. The van der Waals surface area contributed by atoms with E-state index in [2.05, 4.69) is 5.32 Å². The van der Waals surface area contributed by atoms with Crippen molar-refractivity contribution in [2.24, 2.45) is 5.73 Å². The van der Waals surface area contributed by atoms with Gasteiger partial charge in [-0.25, -0.2) is 0 Å². The largest absolute Gasteiger partial charge is 0.481 e. The number of rotatable bonds is 6. The molecule has 0 aliphatic rings. The second-order valence-electron chi connectivity index (χ2n) is 3.91. The van der Waals surface area contributed by atoms with Crippen LogP contribution in [-0.2, 0) is 4.79 Å². The Morgan fingerprint density at radius 3 is 2.78 bits per heavy atom. The Morgan fingerprint density at radius 2 is 2.22 bits per heavy atom. The average molecular weight is 273 g/mol. The number of aryl methyl sites for hydroxylation is 1. The molecule has 3 N–H and O–H groups in total. The van der Waals surface area contributed by atoms with Crippen LogP contribution in [0.1, 0.15) is 18.9 Å². The molecular weight excluding hydrogens is 252 g/mol. The van der Waals surface area contributed by atoms with Crippen LogP contribution in [0, 0.1) is 6.92 Å². The summed E-state index contributed by atoms with van der Waals surface area (Å²) in [5.41, 5.74) is 6.45. The third-order valence-electron chi connectivity index (χ3n) is 2.37. The minimum Gasteiger partial charge on any atom is -0.481 e. The Hall–Kier alpha value is -1.26. The van der Waals surface area contributed by atoms with Gasteiger partial charge in [-0.3, -0.25) is 4.79 Å². The maximum atomic E-state index is 11.7. The number of carbonyl (C=O) groups excluding carboxylic acids is 1. The Balaban J connectivity index is 0.00000289. The lowest BCUT2D eigenvalue weighted by atomic mass is 10.2. The fraction of sp³-hybridized carbons (Fsp3) is 0.462. The Morgan fingerprint density at radius 1 is 1.50 bits per heavy atom. The number of benzene rings is 1. The van der Waals surface area contributed by atoms with Crippen molar-refractivity contribution in [2.75, 3.05) is 13.1 Å². The zero-order valence-corrected chi connectivity index (χ0v) is 11.6. The number of carbonyl (C=O) groups is 1. The summed E-state index contributed by atoms with van der Waals surface area (Å²) in [6.45, 7) is 4.82. The van der Waals surface area contributed by atoms with E-state index in [1.165, 1.54) is 0 Å². The van der Waals surface area contributed by atoms with Crippen molar-refractivity contribution in [3.05, 3.63) is 29.8 Å². The summed E-state index contributed by atoms with van der Waals surface area (Å²) < 4.78 is 5.65. The zero-order valence-electron chi connectivity index (χ0n) is 10.8. The van der Waals surface area contributed by atoms with Crippen molar-refractivity contribution < 1.29 is 9.53 Å². The third kappa shape index (κ3) is 5.38. The van der Waals surface area contributed by atoms with E-state index in [1.54, 1.807) is 0 Å². The van der Waals surface area contributed by atoms with Crippen LogP contribution in [0.2, 0.25) is 0 Å². The molecule has 0 aromatic heterocycles. The third-order valence-corrected chi connectivity index (χ3v) is 2.37. The van der Waals surface area contributed by atoms with Crippen LogP contribution in [-0.4, -0.2) is 25.1 Å². The smallest absolute Gasteiger partial charge is 0.261 e. The van der Waals surface area contributed by atoms with Crippen molar-refractivity contribution >= 4 is 18.3 Å². The van der Waals surface area contributed by atoms with Gasteiger partial charge in [0.1, 0.15) is 5.75 Å². The van der Waals surface area contributed by atoms with E-state index in [9.17, 15) is 4.79 Å². The molecule has 0 saturated heterocycles. The lowest BCUT2D eigenvalue weighted by Gasteiger charge is -2.17. The Bertz CT molecular complexity index is 372. The molecule has 0 radical (unpaired) electrons. The lowest BCUT2D eigenvalue weighted by Crippen LogP contribution is -2.40. The topological polar surface area (TPSA) is 64.3 Å². The predicted molar refractivity (Wildman–Crippen MR) is 75.2 cm³/mol. The maximum absolute atomic E-state index is 11.7. The van der Waals surface area contributed by atoms with Crippen LogP contribution < -0.4 is 15.8 Å². The SMILES string of the molecule is CCC(Oc1cccc(C)c1)C(=O)NCCN.Cl. The summed E-state index contributed by atoms with van der Waals surface area (Å²) in [5.74, 6) is 0.610. The number of amides is 1. The minimum atomic E-state index is -0.455. The molecule has 1 aromatic rings. The highest BCUT2D eigenvalue weighted by atomic mass is 35.5. The fourth-order valence-electron chi connectivity index (χ4n) is 1.48. The van der Waals surface area contributed by atoms with Crippen molar-refractivity contribution in [3.63, 3.8) is 0 Å². The van der Waals surface area contributed by atoms with Gasteiger partial charge in [-0.15, -0.1) is 12.4 Å². The predicted octanol–water partition coefficient (Wildman–Crippen LogP) is 1.65. The molecule has 0 aliphatic heterocycles. The molecular formula is C13H21ClN2O2. The summed E-state index contributed by atoms with van der Waals surface area (Å²) in [6.07, 6.45) is 0.174. The fourth-order valence-corrected chi connectivity index (χ4v) is 1.48. The van der Waals surface area contributed by atoms with Crippen LogP contribution >= 0.6 is 12.4 Å². The molecule has 5 heteroatoms. The van der Waals surface area contributed by atoms with Crippen LogP contribution in [0.4, 0.5) is 0 Å². The maximum Gasteiger partial charge on any atom is 0.261 e. The molecule has 0 heterocycles. The van der Waals surface area contributed by atoms with Crippen LogP contribution in [0.15, 0.2) is 24.3 Å². The first kappa shape index (κ1) is 16.7. The van der Waals surface area contributed by atoms with E-state index in [0.717, 1.165) is 11.3 Å². The van der Waals surface area contributed by atoms with Gasteiger partial charge in [0.05, 0.1) is 0 Å². The number of halogens is 1. The molecule has 102 valence electrons. The molecule has 0 fully saturated rings. The first-order valence-corrected chi connectivity index (χ1v) is 5.88. The Labute approximate surface area is 114 Å². The number of hydrogen-bond donors (Lipinski definition) is 2. The van der Waals surface area contributed by atoms with E-state index in [0.29, 0.717) is 19.5 Å². The van der Waals surface area contributed by atoms with Crippen molar-refractivity contribution in [1.82, 2.24) is 5.32 Å². The molecule has 4 nitrogen and oxygen atoms in total. The summed E-state index contributed by atoms with van der Waals surface area (Å²) >= 11 is 0. The molecule has 1 amide bonds. The number of nitrogens with one attached hydrogen (secondary N) is 1. The molecule has 1 atom stereocenters. The molecule has 0 spiro atoms. The van der Waals surface area contributed by atoms with Crippen LogP contribution in [0.3, 0.4) is 0 Å². The molecule has 1 aromatic carbocycles. The molecule has 0 saturated carbocycles. The first-order chi connectivity index (χ1) is 8.17. The average Bonchev–Trinajstić information content (AvgIpc) is 2.33. The lowest BCUT2D eigenvalue weighted by molar-refractivity contribution is -0.128. The minimum absolute atomic E-state index is 0. The highest BCUT2D eigenvalue weighted by Crippen LogP contribution is 2.15. The second kappa shape index (κ2) is 8.78. The van der Waals surface area contributed by atoms with Gasteiger partial charge in [0, 0.05) is 13.1 Å². The van der Waals surface area contributed by atoms with Crippen molar-refractivity contribution in [2.45, 2.75) is 26.4 Å². The Kier molecular flexibility index (Phi) is 8.16. The molecule has 1 unspecified atom stereocenters. The van der Waals surface area contributed by atoms with Gasteiger partial charge in [-0.1, -0.05) is 19.1 Å². The van der Waals surface area contributed by atoms with E-state index in [4.69, 9.17) is 10.5 Å². The van der Waals surface area contributed by atoms with Gasteiger partial charge in [0.25, 0.3) is 5.91 Å². The second-order valence-corrected chi connectivity index (χ2v) is 3.91. The van der Waals surface area contributed by atoms with E-state index < -0.39 is 6.10 Å². The van der Waals surface area contributed by atoms with Crippen LogP contribution in [0.25, 0.3) is 0 Å². The van der Waals surface area contributed by atoms with Gasteiger partial charge in [0.15, 0.2) is 6.10 Å². The van der Waals surface area contributed by atoms with Gasteiger partial charge in [-0.05, 0) is 31.0 Å². The summed E-state index contributed by atoms with van der Waals surface area (Å²) in [4.78, 5) is 11.7. The van der Waals surface area contributed by atoms with Gasteiger partial charge >= 0.3 is 0 Å². The number of hydrogen-bond acceptors (Lipinski definition) is 3. The zero-order chi connectivity index (χ0) is 12.7. The van der Waals surface area contributed by atoms with Crippen molar-refractivity contribution in [3.8, 4) is 5.75 Å². The molecule has 18 heavy (non-hydrogen) atoms. The van der Waals surface area contributed by atoms with E-state index in [1.807, 2.05) is 38.1 Å².